The maximum atomic E-state index is 13.3. The molecule has 1 spiro atoms. The highest BCUT2D eigenvalue weighted by Gasteiger charge is 2.50. The SMILES string of the molecule is Fc1cccc(CC2CC3(CO2)CN(C2CCOCC2)C3)c1. The number of benzene rings is 1. The largest absolute Gasteiger partial charge is 0.381 e. The van der Waals surface area contributed by atoms with Crippen LogP contribution < -0.4 is 0 Å². The van der Waals surface area contributed by atoms with Gasteiger partial charge >= 0.3 is 0 Å². The first kappa shape index (κ1) is 14.6. The van der Waals surface area contributed by atoms with Gasteiger partial charge < -0.3 is 9.47 Å². The molecule has 120 valence electrons. The van der Waals surface area contributed by atoms with Gasteiger partial charge in [0, 0.05) is 37.8 Å². The van der Waals surface area contributed by atoms with E-state index in [1.54, 1.807) is 12.1 Å². The highest BCUT2D eigenvalue weighted by Crippen LogP contribution is 2.43. The van der Waals surface area contributed by atoms with E-state index in [-0.39, 0.29) is 11.9 Å². The van der Waals surface area contributed by atoms with Gasteiger partial charge in [-0.2, -0.15) is 0 Å². The van der Waals surface area contributed by atoms with Crippen molar-refractivity contribution < 1.29 is 13.9 Å². The van der Waals surface area contributed by atoms with Gasteiger partial charge in [0.2, 0.25) is 0 Å². The van der Waals surface area contributed by atoms with Gasteiger partial charge in [0.1, 0.15) is 5.82 Å². The van der Waals surface area contributed by atoms with Crippen LogP contribution in [0.4, 0.5) is 4.39 Å². The Hall–Kier alpha value is -0.970. The van der Waals surface area contributed by atoms with Crippen molar-refractivity contribution >= 4 is 0 Å². The Morgan fingerprint density at radius 2 is 2.05 bits per heavy atom. The van der Waals surface area contributed by atoms with E-state index < -0.39 is 0 Å². The minimum atomic E-state index is -0.153. The summed E-state index contributed by atoms with van der Waals surface area (Å²) in [7, 11) is 0. The smallest absolute Gasteiger partial charge is 0.123 e. The highest BCUT2D eigenvalue weighted by molar-refractivity contribution is 5.18. The Morgan fingerprint density at radius 1 is 1.23 bits per heavy atom. The first-order chi connectivity index (χ1) is 10.7. The predicted molar refractivity (Wildman–Crippen MR) is 82.3 cm³/mol. The van der Waals surface area contributed by atoms with Crippen molar-refractivity contribution in [1.29, 1.82) is 0 Å². The van der Waals surface area contributed by atoms with Crippen molar-refractivity contribution in [2.45, 2.75) is 37.8 Å². The van der Waals surface area contributed by atoms with Crippen LogP contribution in [0.3, 0.4) is 0 Å². The van der Waals surface area contributed by atoms with Crippen molar-refractivity contribution in [3.05, 3.63) is 35.6 Å². The van der Waals surface area contributed by atoms with Crippen LogP contribution >= 0.6 is 0 Å². The van der Waals surface area contributed by atoms with Crippen LogP contribution in [0.15, 0.2) is 24.3 Å². The van der Waals surface area contributed by atoms with Crippen LogP contribution in [0.5, 0.6) is 0 Å². The quantitative estimate of drug-likeness (QED) is 0.857. The average molecular weight is 305 g/mol. The molecule has 4 heteroatoms. The molecule has 1 atom stereocenters. The van der Waals surface area contributed by atoms with E-state index >= 15 is 0 Å². The molecule has 1 aromatic carbocycles. The molecule has 22 heavy (non-hydrogen) atoms. The molecule has 3 saturated heterocycles. The van der Waals surface area contributed by atoms with Gasteiger partial charge in [-0.3, -0.25) is 4.90 Å². The fourth-order valence-electron chi connectivity index (χ4n) is 4.30. The molecule has 0 aliphatic carbocycles. The summed E-state index contributed by atoms with van der Waals surface area (Å²) in [4.78, 5) is 2.61. The van der Waals surface area contributed by atoms with Crippen molar-refractivity contribution in [1.82, 2.24) is 4.90 Å². The van der Waals surface area contributed by atoms with Crippen LogP contribution in [0.1, 0.15) is 24.8 Å². The standard InChI is InChI=1S/C18H24FNO2/c19-15-3-1-2-14(8-15)9-17-10-18(13-22-17)11-20(12-18)16-4-6-21-7-5-16/h1-3,8,16-17H,4-7,9-13H2. The molecule has 0 amide bonds. The second-order valence-electron chi connectivity index (χ2n) is 7.22. The zero-order chi connectivity index (χ0) is 15.0. The van der Waals surface area contributed by atoms with Gasteiger partial charge in [-0.1, -0.05) is 12.1 Å². The summed E-state index contributed by atoms with van der Waals surface area (Å²) in [6.07, 6.45) is 4.53. The number of likely N-dealkylation sites (tertiary alicyclic amines) is 1. The van der Waals surface area contributed by atoms with Gasteiger partial charge in [0.15, 0.2) is 0 Å². The zero-order valence-electron chi connectivity index (χ0n) is 13.0. The van der Waals surface area contributed by atoms with Crippen LogP contribution in [0.25, 0.3) is 0 Å². The summed E-state index contributed by atoms with van der Waals surface area (Å²) in [6.45, 7) is 5.01. The Labute approximate surface area is 131 Å². The van der Waals surface area contributed by atoms with E-state index in [2.05, 4.69) is 4.90 Å². The van der Waals surface area contributed by atoms with Gasteiger partial charge in [-0.05, 0) is 43.4 Å². The third-order valence-corrected chi connectivity index (χ3v) is 5.42. The Morgan fingerprint density at radius 3 is 2.82 bits per heavy atom. The van der Waals surface area contributed by atoms with Crippen molar-refractivity contribution in [2.24, 2.45) is 5.41 Å². The molecule has 4 rings (SSSR count). The first-order valence-electron chi connectivity index (χ1n) is 8.40. The lowest BCUT2D eigenvalue weighted by molar-refractivity contribution is -0.0664. The summed E-state index contributed by atoms with van der Waals surface area (Å²) >= 11 is 0. The fourth-order valence-corrected chi connectivity index (χ4v) is 4.30. The number of ether oxygens (including phenoxy) is 2. The summed E-state index contributed by atoms with van der Waals surface area (Å²) in [5.41, 5.74) is 1.40. The molecule has 3 aliphatic heterocycles. The number of hydrogen-bond donors (Lipinski definition) is 0. The van der Waals surface area contributed by atoms with Gasteiger partial charge in [-0.25, -0.2) is 4.39 Å². The lowest BCUT2D eigenvalue weighted by Crippen LogP contribution is -2.61. The van der Waals surface area contributed by atoms with Gasteiger partial charge in [0.25, 0.3) is 0 Å². The van der Waals surface area contributed by atoms with Crippen molar-refractivity contribution in [3.63, 3.8) is 0 Å². The second-order valence-corrected chi connectivity index (χ2v) is 7.22. The number of hydrogen-bond acceptors (Lipinski definition) is 3. The summed E-state index contributed by atoms with van der Waals surface area (Å²) < 4.78 is 24.7. The van der Waals surface area contributed by atoms with Crippen molar-refractivity contribution in [3.8, 4) is 0 Å². The average Bonchev–Trinajstić information content (AvgIpc) is 2.91. The third-order valence-electron chi connectivity index (χ3n) is 5.42. The van der Waals surface area contributed by atoms with E-state index in [0.717, 1.165) is 51.3 Å². The molecule has 0 bridgehead atoms. The molecule has 3 nitrogen and oxygen atoms in total. The molecule has 3 fully saturated rings. The molecule has 1 aromatic rings. The van der Waals surface area contributed by atoms with E-state index in [1.807, 2.05) is 6.07 Å². The van der Waals surface area contributed by atoms with Gasteiger partial charge in [0.05, 0.1) is 12.7 Å². The van der Waals surface area contributed by atoms with Crippen LogP contribution in [0, 0.1) is 11.2 Å². The molecule has 3 aliphatic rings. The van der Waals surface area contributed by atoms with E-state index in [1.165, 1.54) is 18.9 Å². The van der Waals surface area contributed by atoms with E-state index in [0.29, 0.717) is 11.5 Å². The minimum absolute atomic E-state index is 0.153. The maximum Gasteiger partial charge on any atom is 0.123 e. The van der Waals surface area contributed by atoms with Crippen LogP contribution in [-0.2, 0) is 15.9 Å². The van der Waals surface area contributed by atoms with Crippen LogP contribution in [-0.4, -0.2) is 50.0 Å². The molecule has 3 heterocycles. The predicted octanol–water partition coefficient (Wildman–Crippen LogP) is 2.64. The first-order valence-corrected chi connectivity index (χ1v) is 8.40. The summed E-state index contributed by atoms with van der Waals surface area (Å²) in [6, 6.07) is 7.61. The van der Waals surface area contributed by atoms with Gasteiger partial charge in [-0.15, -0.1) is 0 Å². The van der Waals surface area contributed by atoms with E-state index in [9.17, 15) is 4.39 Å². The second kappa shape index (κ2) is 5.91. The highest BCUT2D eigenvalue weighted by atomic mass is 19.1. The Kier molecular flexibility index (Phi) is 3.93. The molecule has 0 N–H and O–H groups in total. The molecule has 1 unspecified atom stereocenters. The summed E-state index contributed by atoms with van der Waals surface area (Å²) in [5, 5.41) is 0. The van der Waals surface area contributed by atoms with E-state index in [4.69, 9.17) is 9.47 Å². The number of halogens is 1. The number of nitrogens with zero attached hydrogens (tertiary/aromatic N) is 1. The fraction of sp³-hybridized carbons (Fsp3) is 0.667. The lowest BCUT2D eigenvalue weighted by Gasteiger charge is -2.52. The Bertz CT molecular complexity index is 524. The van der Waals surface area contributed by atoms with Crippen molar-refractivity contribution in [2.75, 3.05) is 32.9 Å². The minimum Gasteiger partial charge on any atom is -0.381 e. The molecular weight excluding hydrogens is 281 g/mol. The number of rotatable bonds is 3. The molecule has 0 radical (unpaired) electrons. The molecular formula is C18H24FNO2. The maximum absolute atomic E-state index is 13.3. The molecule has 0 saturated carbocycles. The van der Waals surface area contributed by atoms with Crippen LogP contribution in [0.2, 0.25) is 0 Å². The molecule has 0 aromatic heterocycles. The third kappa shape index (κ3) is 2.92. The monoisotopic (exact) mass is 305 g/mol. The zero-order valence-corrected chi connectivity index (χ0v) is 13.0. The summed E-state index contributed by atoms with van der Waals surface area (Å²) in [5.74, 6) is -0.153. The lowest BCUT2D eigenvalue weighted by atomic mass is 9.76. The topological polar surface area (TPSA) is 21.7 Å². The normalized spacial score (nSPS) is 28.9. The Balaban J connectivity index is 1.30.